The summed E-state index contributed by atoms with van der Waals surface area (Å²) in [4.78, 5) is 5.35. The van der Waals surface area contributed by atoms with Crippen LogP contribution in [-0.4, -0.2) is 4.98 Å². The fourth-order valence-corrected chi connectivity index (χ4v) is 2.66. The third-order valence-electron chi connectivity index (χ3n) is 2.98. The molecule has 0 unspecified atom stereocenters. The Labute approximate surface area is 110 Å². The molecule has 0 spiro atoms. The van der Waals surface area contributed by atoms with Crippen LogP contribution in [0.25, 0.3) is 10.8 Å². The topological polar surface area (TPSA) is 24.9 Å². The van der Waals surface area contributed by atoms with Crippen LogP contribution in [0.2, 0.25) is 0 Å². The lowest BCUT2D eigenvalue weighted by molar-refractivity contribution is 0.703. The SMILES string of the molecule is c1ccc2c(CNCc3cncs3)cccc2c1. The smallest absolute Gasteiger partial charge is 0.0794 e. The first kappa shape index (κ1) is 11.4. The highest BCUT2D eigenvalue weighted by Gasteiger charge is 2.00. The summed E-state index contributed by atoms with van der Waals surface area (Å²) in [5.41, 5.74) is 3.21. The van der Waals surface area contributed by atoms with Gasteiger partial charge in [-0.1, -0.05) is 42.5 Å². The number of thiazole rings is 1. The van der Waals surface area contributed by atoms with E-state index in [4.69, 9.17) is 0 Å². The van der Waals surface area contributed by atoms with Gasteiger partial charge in [-0.15, -0.1) is 11.3 Å². The second-order valence-electron chi connectivity index (χ2n) is 4.21. The highest BCUT2D eigenvalue weighted by atomic mass is 32.1. The van der Waals surface area contributed by atoms with Gasteiger partial charge in [0, 0.05) is 24.2 Å². The van der Waals surface area contributed by atoms with Crippen molar-refractivity contribution < 1.29 is 0 Å². The molecule has 0 amide bonds. The number of rotatable bonds is 4. The molecule has 90 valence electrons. The van der Waals surface area contributed by atoms with Crippen molar-refractivity contribution in [1.29, 1.82) is 0 Å². The van der Waals surface area contributed by atoms with Crippen molar-refractivity contribution in [3.63, 3.8) is 0 Å². The van der Waals surface area contributed by atoms with Crippen LogP contribution in [0.3, 0.4) is 0 Å². The molecule has 3 heteroatoms. The van der Waals surface area contributed by atoms with Gasteiger partial charge >= 0.3 is 0 Å². The molecule has 1 heterocycles. The van der Waals surface area contributed by atoms with Crippen LogP contribution in [0, 0.1) is 0 Å². The summed E-state index contributed by atoms with van der Waals surface area (Å²) >= 11 is 1.69. The molecule has 0 fully saturated rings. The van der Waals surface area contributed by atoms with Gasteiger partial charge in [-0.05, 0) is 16.3 Å². The fraction of sp³-hybridized carbons (Fsp3) is 0.133. The Morgan fingerprint density at radius 1 is 1.00 bits per heavy atom. The fourth-order valence-electron chi connectivity index (χ4n) is 2.10. The first-order valence-electron chi connectivity index (χ1n) is 5.98. The van der Waals surface area contributed by atoms with Gasteiger partial charge in [-0.25, -0.2) is 0 Å². The summed E-state index contributed by atoms with van der Waals surface area (Å²) in [6.45, 7) is 1.77. The zero-order valence-corrected chi connectivity index (χ0v) is 10.8. The van der Waals surface area contributed by atoms with Gasteiger partial charge in [0.15, 0.2) is 0 Å². The molecular formula is C15H14N2S. The van der Waals surface area contributed by atoms with Crippen LogP contribution < -0.4 is 5.32 Å². The van der Waals surface area contributed by atoms with Crippen molar-refractivity contribution in [2.45, 2.75) is 13.1 Å². The number of aromatic nitrogens is 1. The average molecular weight is 254 g/mol. The largest absolute Gasteiger partial charge is 0.308 e. The van der Waals surface area contributed by atoms with Crippen molar-refractivity contribution >= 4 is 22.1 Å². The molecule has 1 N–H and O–H groups in total. The van der Waals surface area contributed by atoms with Crippen LogP contribution in [-0.2, 0) is 13.1 Å². The van der Waals surface area contributed by atoms with Crippen molar-refractivity contribution in [2.75, 3.05) is 0 Å². The maximum Gasteiger partial charge on any atom is 0.0794 e. The number of nitrogens with zero attached hydrogens (tertiary/aromatic N) is 1. The van der Waals surface area contributed by atoms with E-state index in [-0.39, 0.29) is 0 Å². The maximum atomic E-state index is 4.08. The Bertz CT molecular complexity index is 627. The van der Waals surface area contributed by atoms with Gasteiger partial charge in [-0.3, -0.25) is 4.98 Å². The Hall–Kier alpha value is -1.71. The molecule has 0 atom stereocenters. The van der Waals surface area contributed by atoms with Gasteiger partial charge < -0.3 is 5.32 Å². The molecule has 3 rings (SSSR count). The second-order valence-corrected chi connectivity index (χ2v) is 5.18. The van der Waals surface area contributed by atoms with E-state index in [2.05, 4.69) is 52.8 Å². The van der Waals surface area contributed by atoms with E-state index in [1.807, 2.05) is 11.7 Å². The minimum absolute atomic E-state index is 0.883. The minimum Gasteiger partial charge on any atom is -0.308 e. The predicted molar refractivity (Wildman–Crippen MR) is 76.6 cm³/mol. The monoisotopic (exact) mass is 254 g/mol. The van der Waals surface area contributed by atoms with Crippen molar-refractivity contribution in [3.8, 4) is 0 Å². The van der Waals surface area contributed by atoms with Gasteiger partial charge in [0.25, 0.3) is 0 Å². The molecule has 0 aliphatic rings. The molecule has 0 aliphatic heterocycles. The van der Waals surface area contributed by atoms with Crippen LogP contribution in [0.4, 0.5) is 0 Å². The zero-order valence-electron chi connectivity index (χ0n) is 9.97. The third kappa shape index (κ3) is 2.42. The molecule has 1 aromatic heterocycles. The van der Waals surface area contributed by atoms with E-state index in [1.54, 1.807) is 11.3 Å². The van der Waals surface area contributed by atoms with Crippen LogP contribution >= 0.6 is 11.3 Å². The first-order chi connectivity index (χ1) is 8.93. The number of fused-ring (bicyclic) bond motifs is 1. The van der Waals surface area contributed by atoms with E-state index in [0.717, 1.165) is 13.1 Å². The molecule has 0 aliphatic carbocycles. The van der Waals surface area contributed by atoms with Crippen molar-refractivity contribution in [1.82, 2.24) is 10.3 Å². The highest BCUT2D eigenvalue weighted by molar-refractivity contribution is 7.09. The summed E-state index contributed by atoms with van der Waals surface area (Å²) in [6.07, 6.45) is 1.92. The van der Waals surface area contributed by atoms with Crippen LogP contribution in [0.15, 0.2) is 54.2 Å². The summed E-state index contributed by atoms with van der Waals surface area (Å²) in [6, 6.07) is 15.0. The van der Waals surface area contributed by atoms with Crippen LogP contribution in [0.1, 0.15) is 10.4 Å². The molecule has 2 aromatic carbocycles. The first-order valence-corrected chi connectivity index (χ1v) is 6.86. The molecule has 18 heavy (non-hydrogen) atoms. The predicted octanol–water partition coefficient (Wildman–Crippen LogP) is 3.59. The zero-order chi connectivity index (χ0) is 12.2. The molecule has 3 aromatic rings. The summed E-state index contributed by atoms with van der Waals surface area (Å²) in [5, 5.41) is 6.10. The lowest BCUT2D eigenvalue weighted by Crippen LogP contribution is -2.11. The average Bonchev–Trinajstić information content (AvgIpc) is 2.92. The van der Waals surface area contributed by atoms with E-state index >= 15 is 0 Å². The summed E-state index contributed by atoms with van der Waals surface area (Å²) in [7, 11) is 0. The van der Waals surface area contributed by atoms with Crippen molar-refractivity contribution in [3.05, 3.63) is 64.6 Å². The molecule has 0 bridgehead atoms. The molecular weight excluding hydrogens is 240 g/mol. The highest BCUT2D eigenvalue weighted by Crippen LogP contribution is 2.18. The Kier molecular flexibility index (Phi) is 3.35. The minimum atomic E-state index is 0.883. The number of nitrogens with one attached hydrogen (secondary N) is 1. The van der Waals surface area contributed by atoms with Gasteiger partial charge in [0.2, 0.25) is 0 Å². The Morgan fingerprint density at radius 3 is 2.78 bits per heavy atom. The summed E-state index contributed by atoms with van der Waals surface area (Å²) in [5.74, 6) is 0. The number of benzene rings is 2. The Morgan fingerprint density at radius 2 is 1.89 bits per heavy atom. The van der Waals surface area contributed by atoms with Gasteiger partial charge in [0.1, 0.15) is 0 Å². The quantitative estimate of drug-likeness (QED) is 0.769. The standard InChI is InChI=1S/C15H14N2S/c1-2-7-15-12(4-1)5-3-6-13(15)8-16-9-14-10-17-11-18-14/h1-7,10-11,16H,8-9H2. The lowest BCUT2D eigenvalue weighted by atomic mass is 10.0. The number of hydrogen-bond acceptors (Lipinski definition) is 3. The van der Waals surface area contributed by atoms with Gasteiger partial charge in [-0.2, -0.15) is 0 Å². The van der Waals surface area contributed by atoms with E-state index in [0.29, 0.717) is 0 Å². The van der Waals surface area contributed by atoms with E-state index < -0.39 is 0 Å². The third-order valence-corrected chi connectivity index (χ3v) is 3.76. The lowest BCUT2D eigenvalue weighted by Gasteiger charge is -2.07. The maximum absolute atomic E-state index is 4.08. The summed E-state index contributed by atoms with van der Waals surface area (Å²) < 4.78 is 0. The normalized spacial score (nSPS) is 10.9. The number of hydrogen-bond donors (Lipinski definition) is 1. The molecule has 0 saturated heterocycles. The van der Waals surface area contributed by atoms with Gasteiger partial charge in [0.05, 0.1) is 5.51 Å². The Balaban J connectivity index is 1.74. The molecule has 0 radical (unpaired) electrons. The molecule has 0 saturated carbocycles. The second kappa shape index (κ2) is 5.29. The molecule has 2 nitrogen and oxygen atoms in total. The van der Waals surface area contributed by atoms with E-state index in [1.165, 1.54) is 21.2 Å². The van der Waals surface area contributed by atoms with Crippen LogP contribution in [0.5, 0.6) is 0 Å². The van der Waals surface area contributed by atoms with Crippen molar-refractivity contribution in [2.24, 2.45) is 0 Å². The van der Waals surface area contributed by atoms with E-state index in [9.17, 15) is 0 Å².